The van der Waals surface area contributed by atoms with Crippen molar-refractivity contribution in [2.75, 3.05) is 25.4 Å². The molecule has 1 saturated heterocycles. The summed E-state index contributed by atoms with van der Waals surface area (Å²) >= 11 is 0. The smallest absolute Gasteiger partial charge is 0.407 e. The molecule has 1 saturated carbocycles. The molecule has 1 aliphatic heterocycles. The minimum Gasteiger partial charge on any atom is -0.507 e. The Bertz CT molecular complexity index is 985. The first-order chi connectivity index (χ1) is 15.9. The second kappa shape index (κ2) is 10.3. The zero-order valence-corrected chi connectivity index (χ0v) is 19.4. The molecule has 1 aliphatic carbocycles. The topological polar surface area (TPSA) is 119 Å². The van der Waals surface area contributed by atoms with E-state index in [1.807, 2.05) is 12.1 Å². The van der Waals surface area contributed by atoms with Crippen LogP contribution in [0.5, 0.6) is 11.5 Å². The Morgan fingerprint density at radius 2 is 2.15 bits per heavy atom. The Hall–Kier alpha value is -3.00. The quantitative estimate of drug-likeness (QED) is 0.477. The van der Waals surface area contributed by atoms with Crippen LogP contribution < -0.4 is 21.1 Å². The Balaban J connectivity index is 1.69. The van der Waals surface area contributed by atoms with Crippen LogP contribution in [-0.4, -0.2) is 42.0 Å². The maximum atomic E-state index is 12.1. The highest BCUT2D eigenvalue weighted by Gasteiger charge is 2.26. The van der Waals surface area contributed by atoms with Crippen LogP contribution in [0.25, 0.3) is 11.3 Å². The molecule has 2 aromatic rings. The summed E-state index contributed by atoms with van der Waals surface area (Å²) in [5.74, 6) is 1.85. The molecular formula is C25H34N4O4. The van der Waals surface area contributed by atoms with Gasteiger partial charge in [0.15, 0.2) is 0 Å². The van der Waals surface area contributed by atoms with Gasteiger partial charge >= 0.3 is 6.09 Å². The van der Waals surface area contributed by atoms with Crippen molar-refractivity contribution in [3.05, 3.63) is 35.4 Å². The van der Waals surface area contributed by atoms with Crippen molar-refractivity contribution in [3.63, 3.8) is 0 Å². The van der Waals surface area contributed by atoms with Gasteiger partial charge in [-0.05, 0) is 81.7 Å². The van der Waals surface area contributed by atoms with Crippen molar-refractivity contribution in [1.29, 1.82) is 0 Å². The molecule has 4 rings (SSSR count). The fourth-order valence-electron chi connectivity index (χ4n) is 4.22. The highest BCUT2D eigenvalue weighted by Crippen LogP contribution is 2.41. The summed E-state index contributed by atoms with van der Waals surface area (Å²) in [5.41, 5.74) is 9.36. The van der Waals surface area contributed by atoms with Gasteiger partial charge in [-0.3, -0.25) is 0 Å². The van der Waals surface area contributed by atoms with Gasteiger partial charge in [0.25, 0.3) is 0 Å². The Kier molecular flexibility index (Phi) is 7.23. The van der Waals surface area contributed by atoms with Gasteiger partial charge in [-0.1, -0.05) is 6.07 Å². The molecule has 1 aromatic heterocycles. The number of aromatic hydroxyl groups is 1. The molecule has 1 aromatic carbocycles. The van der Waals surface area contributed by atoms with E-state index in [1.165, 1.54) is 12.8 Å². The molecule has 178 valence electrons. The number of aromatic nitrogens is 1. The first-order valence-electron chi connectivity index (χ1n) is 11.8. The number of phenolic OH excluding ortho intramolecular Hbond substituents is 1. The summed E-state index contributed by atoms with van der Waals surface area (Å²) < 4.78 is 11.2. The summed E-state index contributed by atoms with van der Waals surface area (Å²) in [4.78, 5) is 16.7. The Morgan fingerprint density at radius 1 is 1.33 bits per heavy atom. The van der Waals surface area contributed by atoms with E-state index >= 15 is 0 Å². The average Bonchev–Trinajstić information content (AvgIpc) is 3.61. The molecule has 5 N–H and O–H groups in total. The molecule has 2 heterocycles. The van der Waals surface area contributed by atoms with Crippen molar-refractivity contribution >= 4 is 11.9 Å². The highest BCUT2D eigenvalue weighted by atomic mass is 16.6. The van der Waals surface area contributed by atoms with Crippen LogP contribution in [0, 0.1) is 5.92 Å². The van der Waals surface area contributed by atoms with Crippen LogP contribution >= 0.6 is 0 Å². The SMILES string of the molecule is CC(C)OC(=O)NCc1c(C2CCCNC2)cc(-c2c(O)cccc2OCC2CC2)nc1N. The number of carbonyl (C=O) groups excluding carboxylic acids is 1. The van der Waals surface area contributed by atoms with E-state index in [-0.39, 0.29) is 24.3 Å². The lowest BCUT2D eigenvalue weighted by atomic mass is 9.87. The van der Waals surface area contributed by atoms with E-state index in [2.05, 4.69) is 15.6 Å². The number of nitrogens with one attached hydrogen (secondary N) is 2. The van der Waals surface area contributed by atoms with Gasteiger partial charge in [0.1, 0.15) is 17.3 Å². The molecule has 8 nitrogen and oxygen atoms in total. The van der Waals surface area contributed by atoms with Gasteiger partial charge in [0.2, 0.25) is 0 Å². The van der Waals surface area contributed by atoms with Crippen LogP contribution in [0.15, 0.2) is 24.3 Å². The minimum absolute atomic E-state index is 0.106. The number of alkyl carbamates (subject to hydrolysis) is 1. The van der Waals surface area contributed by atoms with Gasteiger partial charge in [-0.2, -0.15) is 0 Å². The largest absolute Gasteiger partial charge is 0.507 e. The van der Waals surface area contributed by atoms with Gasteiger partial charge < -0.3 is 30.9 Å². The summed E-state index contributed by atoms with van der Waals surface area (Å²) in [6, 6.07) is 7.25. The number of piperidine rings is 1. The van der Waals surface area contributed by atoms with E-state index in [0.717, 1.165) is 37.1 Å². The second-order valence-corrected chi connectivity index (χ2v) is 9.22. The molecule has 2 aliphatic rings. The first-order valence-corrected chi connectivity index (χ1v) is 11.8. The molecule has 0 spiro atoms. The molecule has 0 bridgehead atoms. The summed E-state index contributed by atoms with van der Waals surface area (Å²) in [7, 11) is 0. The fourth-order valence-corrected chi connectivity index (χ4v) is 4.22. The number of ether oxygens (including phenoxy) is 2. The number of anilines is 1. The molecule has 8 heteroatoms. The predicted octanol–water partition coefficient (Wildman–Crippen LogP) is 3.93. The third-order valence-electron chi connectivity index (χ3n) is 6.11. The van der Waals surface area contributed by atoms with Crippen LogP contribution in [0.1, 0.15) is 56.6 Å². The Labute approximate surface area is 194 Å². The molecule has 2 fully saturated rings. The third kappa shape index (κ3) is 5.87. The van der Waals surface area contributed by atoms with Gasteiger partial charge in [-0.25, -0.2) is 9.78 Å². The van der Waals surface area contributed by atoms with Gasteiger partial charge in [0, 0.05) is 12.1 Å². The Morgan fingerprint density at radius 3 is 2.85 bits per heavy atom. The van der Waals surface area contributed by atoms with Gasteiger partial charge in [-0.15, -0.1) is 0 Å². The zero-order valence-electron chi connectivity index (χ0n) is 19.4. The molecule has 33 heavy (non-hydrogen) atoms. The van der Waals surface area contributed by atoms with E-state index in [9.17, 15) is 9.90 Å². The normalized spacial score (nSPS) is 18.2. The predicted molar refractivity (Wildman–Crippen MR) is 127 cm³/mol. The fraction of sp³-hybridized carbons (Fsp3) is 0.520. The zero-order chi connectivity index (χ0) is 23.4. The van der Waals surface area contributed by atoms with Crippen molar-refractivity contribution in [2.45, 2.75) is 58.1 Å². The number of nitrogens with zero attached hydrogens (tertiary/aromatic N) is 1. The number of carbonyl (C=O) groups is 1. The molecular weight excluding hydrogens is 420 g/mol. The maximum Gasteiger partial charge on any atom is 0.407 e. The van der Waals surface area contributed by atoms with Crippen LogP contribution in [-0.2, 0) is 11.3 Å². The molecule has 1 amide bonds. The van der Waals surface area contributed by atoms with E-state index in [0.29, 0.717) is 35.3 Å². The number of nitrogen functional groups attached to an aromatic ring is 1. The van der Waals surface area contributed by atoms with Crippen molar-refractivity contribution in [1.82, 2.24) is 15.6 Å². The summed E-state index contributed by atoms with van der Waals surface area (Å²) in [6.45, 7) is 6.26. The van der Waals surface area contributed by atoms with Crippen molar-refractivity contribution in [3.8, 4) is 22.8 Å². The van der Waals surface area contributed by atoms with Gasteiger partial charge in [0.05, 0.1) is 30.5 Å². The summed E-state index contributed by atoms with van der Waals surface area (Å²) in [5, 5.41) is 16.9. The van der Waals surface area contributed by atoms with E-state index in [4.69, 9.17) is 15.2 Å². The third-order valence-corrected chi connectivity index (χ3v) is 6.11. The van der Waals surface area contributed by atoms with Crippen LogP contribution in [0.4, 0.5) is 10.6 Å². The second-order valence-electron chi connectivity index (χ2n) is 9.22. The molecule has 1 unspecified atom stereocenters. The van der Waals surface area contributed by atoms with Crippen molar-refractivity contribution < 1.29 is 19.4 Å². The monoisotopic (exact) mass is 454 g/mol. The van der Waals surface area contributed by atoms with Crippen molar-refractivity contribution in [2.24, 2.45) is 5.92 Å². The van der Waals surface area contributed by atoms with Crippen LogP contribution in [0.3, 0.4) is 0 Å². The van der Waals surface area contributed by atoms with Crippen LogP contribution in [0.2, 0.25) is 0 Å². The highest BCUT2D eigenvalue weighted by molar-refractivity contribution is 5.76. The number of hydrogen-bond donors (Lipinski definition) is 4. The number of nitrogens with two attached hydrogens (primary N) is 1. The maximum absolute atomic E-state index is 12.1. The number of benzene rings is 1. The number of amides is 1. The number of rotatable bonds is 8. The summed E-state index contributed by atoms with van der Waals surface area (Å²) in [6.07, 6.45) is 3.72. The lowest BCUT2D eigenvalue weighted by Gasteiger charge is -2.27. The molecule has 0 radical (unpaired) electrons. The van der Waals surface area contributed by atoms with E-state index in [1.54, 1.807) is 26.0 Å². The average molecular weight is 455 g/mol. The number of pyridine rings is 1. The van der Waals surface area contributed by atoms with E-state index < -0.39 is 6.09 Å². The number of hydrogen-bond acceptors (Lipinski definition) is 7. The standard InChI is InChI=1S/C25H34N4O4/c1-15(2)33-25(31)28-13-19-18(17-5-4-10-27-12-17)11-20(29-24(19)26)23-21(30)6-3-7-22(23)32-14-16-8-9-16/h3,6-7,11,15-17,27,30H,4-5,8-10,12-14H2,1-2H3,(H2,26,29)(H,28,31). The lowest BCUT2D eigenvalue weighted by Crippen LogP contribution is -2.31. The number of phenols is 1. The lowest BCUT2D eigenvalue weighted by molar-refractivity contribution is 0.115. The molecule has 1 atom stereocenters. The first kappa shape index (κ1) is 23.2. The minimum atomic E-state index is -0.488.